The van der Waals surface area contributed by atoms with E-state index in [-0.39, 0.29) is 0 Å². The molecule has 0 spiro atoms. The molecule has 0 radical (unpaired) electrons. The molecule has 2 aromatic rings. The highest BCUT2D eigenvalue weighted by Gasteiger charge is 2.05. The summed E-state index contributed by atoms with van der Waals surface area (Å²) >= 11 is 11.9. The van der Waals surface area contributed by atoms with Crippen molar-refractivity contribution in [2.75, 3.05) is 5.32 Å². The summed E-state index contributed by atoms with van der Waals surface area (Å²) in [5.41, 5.74) is 3.71. The average molecular weight is 308 g/mol. The smallest absolute Gasteiger partial charge is 0.0612 e. The second kappa shape index (κ2) is 7.01. The predicted molar refractivity (Wildman–Crippen MR) is 89.0 cm³/mol. The van der Waals surface area contributed by atoms with Crippen molar-refractivity contribution >= 4 is 28.9 Å². The van der Waals surface area contributed by atoms with Crippen LogP contribution in [0.3, 0.4) is 0 Å². The fourth-order valence-corrected chi connectivity index (χ4v) is 2.49. The van der Waals surface area contributed by atoms with E-state index in [0.717, 1.165) is 18.5 Å². The number of halogens is 2. The minimum absolute atomic E-state index is 0.382. The molecular weight excluding hydrogens is 289 g/mol. The molecule has 1 unspecified atom stereocenters. The molecule has 1 atom stereocenters. The van der Waals surface area contributed by atoms with Crippen molar-refractivity contribution in [3.05, 3.63) is 63.6 Å². The zero-order chi connectivity index (χ0) is 14.5. The molecule has 0 bridgehead atoms. The summed E-state index contributed by atoms with van der Waals surface area (Å²) in [6.45, 7) is 4.30. The molecule has 2 aromatic carbocycles. The zero-order valence-electron chi connectivity index (χ0n) is 11.8. The summed E-state index contributed by atoms with van der Waals surface area (Å²) in [6, 6.07) is 14.7. The number of hydrogen-bond acceptors (Lipinski definition) is 1. The first-order chi connectivity index (χ1) is 9.54. The van der Waals surface area contributed by atoms with Crippen molar-refractivity contribution in [1.29, 1.82) is 0 Å². The van der Waals surface area contributed by atoms with Gasteiger partial charge in [-0.05, 0) is 50.5 Å². The van der Waals surface area contributed by atoms with Gasteiger partial charge in [-0.2, -0.15) is 0 Å². The lowest BCUT2D eigenvalue weighted by Gasteiger charge is -2.16. The molecule has 2 rings (SSSR count). The van der Waals surface area contributed by atoms with Crippen LogP contribution in [0.4, 0.5) is 5.69 Å². The van der Waals surface area contributed by atoms with Gasteiger partial charge in [-0.15, -0.1) is 0 Å². The molecule has 1 N–H and O–H groups in total. The highest BCUT2D eigenvalue weighted by molar-refractivity contribution is 6.42. The minimum atomic E-state index is 0.382. The number of aryl methyl sites for hydroxylation is 2. The summed E-state index contributed by atoms with van der Waals surface area (Å²) < 4.78 is 0. The molecule has 0 aromatic heterocycles. The lowest BCUT2D eigenvalue weighted by Crippen LogP contribution is -2.15. The van der Waals surface area contributed by atoms with Crippen molar-refractivity contribution < 1.29 is 0 Å². The van der Waals surface area contributed by atoms with Crippen LogP contribution in [0, 0.1) is 6.92 Å². The van der Waals surface area contributed by atoms with E-state index in [1.54, 1.807) is 0 Å². The molecule has 0 aliphatic rings. The molecule has 0 aliphatic carbocycles. The van der Waals surface area contributed by atoms with E-state index in [0.29, 0.717) is 16.1 Å². The molecule has 0 heterocycles. The lowest BCUT2D eigenvalue weighted by molar-refractivity contribution is 0.706. The Morgan fingerprint density at radius 3 is 2.55 bits per heavy atom. The Morgan fingerprint density at radius 1 is 1.05 bits per heavy atom. The van der Waals surface area contributed by atoms with Crippen LogP contribution in [0.5, 0.6) is 0 Å². The predicted octanol–water partition coefficient (Wildman–Crippen LogP) is 5.74. The minimum Gasteiger partial charge on any atom is -0.383 e. The Balaban J connectivity index is 1.89. The Kier molecular flexibility index (Phi) is 5.33. The topological polar surface area (TPSA) is 12.0 Å². The number of anilines is 1. The van der Waals surface area contributed by atoms with Crippen molar-refractivity contribution in [1.82, 2.24) is 0 Å². The van der Waals surface area contributed by atoms with Crippen molar-refractivity contribution in [3.8, 4) is 0 Å². The molecule has 106 valence electrons. The van der Waals surface area contributed by atoms with Gasteiger partial charge in [-0.1, -0.05) is 53.0 Å². The molecule has 3 heteroatoms. The normalized spacial score (nSPS) is 12.2. The molecule has 20 heavy (non-hydrogen) atoms. The third-order valence-electron chi connectivity index (χ3n) is 3.28. The quantitative estimate of drug-likeness (QED) is 0.743. The maximum absolute atomic E-state index is 6.02. The van der Waals surface area contributed by atoms with Gasteiger partial charge in [-0.25, -0.2) is 0 Å². The van der Waals surface area contributed by atoms with E-state index in [1.807, 2.05) is 18.2 Å². The monoisotopic (exact) mass is 307 g/mol. The zero-order valence-corrected chi connectivity index (χ0v) is 13.3. The Morgan fingerprint density at radius 2 is 1.85 bits per heavy atom. The van der Waals surface area contributed by atoms with Crippen LogP contribution in [0.1, 0.15) is 24.5 Å². The first-order valence-electron chi connectivity index (χ1n) is 6.82. The van der Waals surface area contributed by atoms with Gasteiger partial charge in [-0.3, -0.25) is 0 Å². The molecule has 0 saturated heterocycles. The number of benzene rings is 2. The summed E-state index contributed by atoms with van der Waals surface area (Å²) in [5, 5.41) is 4.63. The number of hydrogen-bond donors (Lipinski definition) is 1. The third-order valence-corrected chi connectivity index (χ3v) is 4.02. The molecule has 1 nitrogen and oxygen atoms in total. The summed E-state index contributed by atoms with van der Waals surface area (Å²) in [4.78, 5) is 0. The van der Waals surface area contributed by atoms with E-state index < -0.39 is 0 Å². The van der Waals surface area contributed by atoms with Gasteiger partial charge in [0.2, 0.25) is 0 Å². The van der Waals surface area contributed by atoms with Crippen LogP contribution in [0.2, 0.25) is 10.0 Å². The fourth-order valence-electron chi connectivity index (χ4n) is 2.19. The first kappa shape index (κ1) is 15.2. The van der Waals surface area contributed by atoms with E-state index in [9.17, 15) is 0 Å². The first-order valence-corrected chi connectivity index (χ1v) is 7.57. The van der Waals surface area contributed by atoms with Gasteiger partial charge in [0.25, 0.3) is 0 Å². The Labute approximate surface area is 130 Å². The van der Waals surface area contributed by atoms with Gasteiger partial charge in [0.1, 0.15) is 0 Å². The fraction of sp³-hybridized carbons (Fsp3) is 0.294. The standard InChI is InChI=1S/C17H19Cl2N/c1-12-4-3-5-14(10-12)7-6-13(2)20-15-8-9-16(18)17(19)11-15/h3-5,8-11,13,20H,6-7H2,1-2H3. The van der Waals surface area contributed by atoms with Crippen molar-refractivity contribution in [3.63, 3.8) is 0 Å². The van der Waals surface area contributed by atoms with Gasteiger partial charge in [0.05, 0.1) is 10.0 Å². The van der Waals surface area contributed by atoms with Gasteiger partial charge >= 0.3 is 0 Å². The highest BCUT2D eigenvalue weighted by Crippen LogP contribution is 2.25. The maximum Gasteiger partial charge on any atom is 0.0612 e. The summed E-state index contributed by atoms with van der Waals surface area (Å²) in [6.07, 6.45) is 2.14. The van der Waals surface area contributed by atoms with E-state index in [1.165, 1.54) is 11.1 Å². The largest absolute Gasteiger partial charge is 0.383 e. The average Bonchev–Trinajstić information content (AvgIpc) is 2.41. The molecule has 0 saturated carbocycles. The van der Waals surface area contributed by atoms with E-state index in [2.05, 4.69) is 43.4 Å². The van der Waals surface area contributed by atoms with Gasteiger partial charge < -0.3 is 5.32 Å². The second-order valence-electron chi connectivity index (χ2n) is 5.20. The summed E-state index contributed by atoms with van der Waals surface area (Å²) in [5.74, 6) is 0. The molecule has 0 aliphatic heterocycles. The van der Waals surface area contributed by atoms with Gasteiger partial charge in [0.15, 0.2) is 0 Å². The van der Waals surface area contributed by atoms with Crippen molar-refractivity contribution in [2.45, 2.75) is 32.7 Å². The highest BCUT2D eigenvalue weighted by atomic mass is 35.5. The summed E-state index contributed by atoms with van der Waals surface area (Å²) in [7, 11) is 0. The SMILES string of the molecule is Cc1cccc(CCC(C)Nc2ccc(Cl)c(Cl)c2)c1. The van der Waals surface area contributed by atoms with Crippen LogP contribution in [0.25, 0.3) is 0 Å². The molecule has 0 amide bonds. The van der Waals surface area contributed by atoms with Crippen LogP contribution in [-0.2, 0) is 6.42 Å². The maximum atomic E-state index is 6.02. The van der Waals surface area contributed by atoms with Crippen molar-refractivity contribution in [2.24, 2.45) is 0 Å². The van der Waals surface area contributed by atoms with Crippen LogP contribution in [-0.4, -0.2) is 6.04 Å². The van der Waals surface area contributed by atoms with E-state index >= 15 is 0 Å². The second-order valence-corrected chi connectivity index (χ2v) is 6.02. The van der Waals surface area contributed by atoms with Crippen LogP contribution in [0.15, 0.2) is 42.5 Å². The van der Waals surface area contributed by atoms with E-state index in [4.69, 9.17) is 23.2 Å². The van der Waals surface area contributed by atoms with Gasteiger partial charge in [0, 0.05) is 11.7 Å². The number of nitrogens with one attached hydrogen (secondary N) is 1. The molecule has 0 fully saturated rings. The third kappa shape index (κ3) is 4.43. The van der Waals surface area contributed by atoms with Crippen LogP contribution >= 0.6 is 23.2 Å². The number of rotatable bonds is 5. The molecular formula is C17H19Cl2N. The Bertz CT molecular complexity index is 581. The Hall–Kier alpha value is -1.18. The lowest BCUT2D eigenvalue weighted by atomic mass is 10.0. The van der Waals surface area contributed by atoms with Crippen LogP contribution < -0.4 is 5.32 Å².